The molecule has 2 atom stereocenters. The third-order valence-corrected chi connectivity index (χ3v) is 9.17. The zero-order valence-corrected chi connectivity index (χ0v) is 19.8. The van der Waals surface area contributed by atoms with Crippen LogP contribution in [0.15, 0.2) is 0 Å². The number of anilines is 2. The predicted molar refractivity (Wildman–Crippen MR) is 125 cm³/mol. The molecule has 2 aromatic heterocycles. The van der Waals surface area contributed by atoms with Crippen molar-refractivity contribution in [3.8, 4) is 0 Å². The molecule has 0 aromatic carbocycles. The van der Waals surface area contributed by atoms with E-state index in [-0.39, 0.29) is 23.7 Å². The summed E-state index contributed by atoms with van der Waals surface area (Å²) in [5, 5.41) is 26.5. The van der Waals surface area contributed by atoms with Gasteiger partial charge in [0.05, 0.1) is 0 Å². The summed E-state index contributed by atoms with van der Waals surface area (Å²) in [6.07, 6.45) is 12.7. The summed E-state index contributed by atoms with van der Waals surface area (Å²) in [5.74, 6) is 1.08. The molecule has 32 heavy (non-hydrogen) atoms. The highest BCUT2D eigenvalue weighted by Crippen LogP contribution is 2.43. The highest BCUT2D eigenvalue weighted by atomic mass is 32.1. The number of nitrogens with zero attached hydrogens (tertiary/aromatic N) is 4. The molecule has 0 saturated heterocycles. The number of amides is 2. The molecule has 3 saturated carbocycles. The van der Waals surface area contributed by atoms with Crippen molar-refractivity contribution in [1.82, 2.24) is 20.4 Å². The van der Waals surface area contributed by atoms with Gasteiger partial charge in [0.25, 0.3) is 0 Å². The third-order valence-electron chi connectivity index (χ3n) is 7.17. The van der Waals surface area contributed by atoms with E-state index in [9.17, 15) is 9.59 Å². The molecule has 8 nitrogen and oxygen atoms in total. The van der Waals surface area contributed by atoms with Crippen LogP contribution >= 0.6 is 22.7 Å². The van der Waals surface area contributed by atoms with E-state index in [1.54, 1.807) is 0 Å². The summed E-state index contributed by atoms with van der Waals surface area (Å²) in [4.78, 5) is 24.8. The van der Waals surface area contributed by atoms with Gasteiger partial charge in [0.2, 0.25) is 22.1 Å². The zero-order valence-electron chi connectivity index (χ0n) is 18.2. The molecule has 3 fully saturated rings. The molecule has 2 heterocycles. The lowest BCUT2D eigenvalue weighted by molar-refractivity contribution is -0.120. The van der Waals surface area contributed by atoms with Crippen LogP contribution in [0.4, 0.5) is 10.3 Å². The number of rotatable bonds is 6. The molecule has 5 rings (SSSR count). The Morgan fingerprint density at radius 1 is 0.625 bits per heavy atom. The first kappa shape index (κ1) is 21.9. The molecule has 3 aliphatic carbocycles. The first-order chi connectivity index (χ1) is 15.7. The standard InChI is InChI=1S/C22H30N6O2S2/c29-17(13-6-1-2-7-13)23-21-27-25-19(31-21)15-10-5-11-16(12-15)20-26-28-22(32-20)24-18(30)14-8-3-4-9-14/h13-16H,1-12H2,(H,23,27,29)(H,24,28,30)/t15-,16-/m0/s1. The van der Waals surface area contributed by atoms with Crippen LogP contribution in [0.1, 0.15) is 98.9 Å². The number of nitrogens with one attached hydrogen (secondary N) is 2. The lowest BCUT2D eigenvalue weighted by Crippen LogP contribution is -2.20. The van der Waals surface area contributed by atoms with E-state index in [1.807, 2.05) is 0 Å². The van der Waals surface area contributed by atoms with Crippen molar-refractivity contribution in [1.29, 1.82) is 0 Å². The van der Waals surface area contributed by atoms with E-state index < -0.39 is 0 Å². The van der Waals surface area contributed by atoms with E-state index >= 15 is 0 Å². The average molecular weight is 475 g/mol. The van der Waals surface area contributed by atoms with Crippen LogP contribution in [0, 0.1) is 11.8 Å². The van der Waals surface area contributed by atoms with E-state index in [2.05, 4.69) is 31.0 Å². The first-order valence-corrected chi connectivity index (χ1v) is 13.6. The van der Waals surface area contributed by atoms with Gasteiger partial charge in [-0.2, -0.15) is 0 Å². The van der Waals surface area contributed by atoms with Crippen LogP contribution < -0.4 is 10.6 Å². The summed E-state index contributed by atoms with van der Waals surface area (Å²) >= 11 is 3.02. The van der Waals surface area contributed by atoms with Crippen LogP contribution in [0.25, 0.3) is 0 Å². The molecular formula is C22H30N6O2S2. The lowest BCUT2D eigenvalue weighted by Gasteiger charge is -2.25. The molecule has 10 heteroatoms. The van der Waals surface area contributed by atoms with Gasteiger partial charge in [-0.05, 0) is 44.9 Å². The Morgan fingerprint density at radius 3 is 1.50 bits per heavy atom. The maximum absolute atomic E-state index is 12.4. The van der Waals surface area contributed by atoms with Crippen LogP contribution in [-0.2, 0) is 9.59 Å². The van der Waals surface area contributed by atoms with Crippen molar-refractivity contribution < 1.29 is 9.59 Å². The molecule has 0 bridgehead atoms. The number of carbonyl (C=O) groups excluding carboxylic acids is 2. The number of hydrogen-bond donors (Lipinski definition) is 2. The molecule has 2 amide bonds. The average Bonchev–Trinajstić information content (AvgIpc) is 3.61. The minimum Gasteiger partial charge on any atom is -0.300 e. The Kier molecular flexibility index (Phi) is 6.77. The number of hydrogen-bond acceptors (Lipinski definition) is 8. The van der Waals surface area contributed by atoms with Gasteiger partial charge in [-0.1, -0.05) is 54.8 Å². The smallest absolute Gasteiger partial charge is 0.229 e. The van der Waals surface area contributed by atoms with E-state index in [1.165, 1.54) is 22.7 Å². The van der Waals surface area contributed by atoms with Gasteiger partial charge in [0, 0.05) is 23.7 Å². The third kappa shape index (κ3) is 5.01. The summed E-state index contributed by atoms with van der Waals surface area (Å²) in [6.45, 7) is 0. The van der Waals surface area contributed by atoms with Gasteiger partial charge in [0.15, 0.2) is 0 Å². The Hall–Kier alpha value is -1.94. The van der Waals surface area contributed by atoms with E-state index in [0.29, 0.717) is 22.1 Å². The molecule has 2 aromatic rings. The summed E-state index contributed by atoms with van der Waals surface area (Å²) in [6, 6.07) is 0. The SMILES string of the molecule is O=C(Nc1nnc([C@H]2CCC[C@H](c3nnc(NC(=O)C4CCCC4)s3)C2)s1)C1CCCC1. The highest BCUT2D eigenvalue weighted by molar-refractivity contribution is 7.15. The fourth-order valence-electron chi connectivity index (χ4n) is 5.33. The maximum atomic E-state index is 12.4. The van der Waals surface area contributed by atoms with Crippen molar-refractivity contribution in [3.63, 3.8) is 0 Å². The zero-order chi connectivity index (χ0) is 21.9. The Morgan fingerprint density at radius 2 is 1.06 bits per heavy atom. The Balaban J connectivity index is 1.18. The monoisotopic (exact) mass is 474 g/mol. The number of carbonyl (C=O) groups is 2. The maximum Gasteiger partial charge on any atom is 0.229 e. The van der Waals surface area contributed by atoms with Crippen LogP contribution in [-0.4, -0.2) is 32.2 Å². The van der Waals surface area contributed by atoms with Crippen LogP contribution in [0.3, 0.4) is 0 Å². The number of aromatic nitrogens is 4. The summed E-state index contributed by atoms with van der Waals surface area (Å²) in [5.41, 5.74) is 0. The van der Waals surface area contributed by atoms with Crippen molar-refractivity contribution in [2.45, 2.75) is 88.9 Å². The summed E-state index contributed by atoms with van der Waals surface area (Å²) < 4.78 is 0. The van der Waals surface area contributed by atoms with Crippen molar-refractivity contribution in [3.05, 3.63) is 10.0 Å². The Bertz CT molecular complexity index is 874. The minimum atomic E-state index is 0.0905. The first-order valence-electron chi connectivity index (χ1n) is 11.9. The van der Waals surface area contributed by atoms with Crippen molar-refractivity contribution in [2.75, 3.05) is 10.6 Å². The Labute approximate surface area is 196 Å². The normalized spacial score (nSPS) is 24.6. The second kappa shape index (κ2) is 9.91. The van der Waals surface area contributed by atoms with E-state index in [0.717, 1.165) is 87.1 Å². The molecule has 172 valence electrons. The van der Waals surface area contributed by atoms with Gasteiger partial charge in [-0.15, -0.1) is 20.4 Å². The van der Waals surface area contributed by atoms with E-state index in [4.69, 9.17) is 0 Å². The van der Waals surface area contributed by atoms with Crippen LogP contribution in [0.2, 0.25) is 0 Å². The van der Waals surface area contributed by atoms with Gasteiger partial charge in [-0.3, -0.25) is 9.59 Å². The molecule has 0 unspecified atom stereocenters. The van der Waals surface area contributed by atoms with Crippen molar-refractivity contribution >= 4 is 44.8 Å². The van der Waals surface area contributed by atoms with Gasteiger partial charge < -0.3 is 10.6 Å². The predicted octanol–water partition coefficient (Wildman–Crippen LogP) is 5.09. The second-order valence-corrected chi connectivity index (χ2v) is 11.4. The minimum absolute atomic E-state index is 0.0905. The topological polar surface area (TPSA) is 110 Å². The fourth-order valence-corrected chi connectivity index (χ4v) is 7.12. The molecule has 3 aliphatic rings. The quantitative estimate of drug-likeness (QED) is 0.603. The molecular weight excluding hydrogens is 444 g/mol. The van der Waals surface area contributed by atoms with Gasteiger partial charge in [-0.25, -0.2) is 0 Å². The van der Waals surface area contributed by atoms with Crippen molar-refractivity contribution in [2.24, 2.45) is 11.8 Å². The molecule has 0 radical (unpaired) electrons. The molecule has 0 spiro atoms. The molecule has 0 aliphatic heterocycles. The van der Waals surface area contributed by atoms with Gasteiger partial charge >= 0.3 is 0 Å². The highest BCUT2D eigenvalue weighted by Gasteiger charge is 2.30. The van der Waals surface area contributed by atoms with Crippen LogP contribution in [0.5, 0.6) is 0 Å². The largest absolute Gasteiger partial charge is 0.300 e. The fraction of sp³-hybridized carbons (Fsp3) is 0.727. The summed E-state index contributed by atoms with van der Waals surface area (Å²) in [7, 11) is 0. The molecule has 2 N–H and O–H groups in total. The lowest BCUT2D eigenvalue weighted by atomic mass is 9.82. The second-order valence-electron chi connectivity index (χ2n) is 9.39. The van der Waals surface area contributed by atoms with Gasteiger partial charge in [0.1, 0.15) is 10.0 Å².